The summed E-state index contributed by atoms with van der Waals surface area (Å²) in [7, 11) is 0. The Morgan fingerprint density at radius 1 is 0.765 bits per heavy atom. The van der Waals surface area contributed by atoms with Gasteiger partial charge in [-0.05, 0) is 19.3 Å². The fourth-order valence-electron chi connectivity index (χ4n) is 1.00. The lowest BCUT2D eigenvalue weighted by atomic mass is 10.2. The van der Waals surface area contributed by atoms with E-state index in [0.29, 0.717) is 19.6 Å². The fourth-order valence-corrected chi connectivity index (χ4v) is 1.46. The van der Waals surface area contributed by atoms with Crippen LogP contribution in [0.25, 0.3) is 0 Å². The Balaban J connectivity index is 3.36. The Morgan fingerprint density at radius 2 is 1.18 bits per heavy atom. The van der Waals surface area contributed by atoms with Crippen molar-refractivity contribution in [2.24, 2.45) is 0 Å². The van der Waals surface area contributed by atoms with E-state index in [1.165, 1.54) is 0 Å². The van der Waals surface area contributed by atoms with Crippen molar-refractivity contribution < 1.29 is 19.1 Å². The number of alkyl halides is 2. The SMILES string of the molecule is O=C(CCCC(=O)OCCCBr)OCCCBr. The molecule has 0 unspecified atom stereocenters. The molecule has 0 rings (SSSR count). The van der Waals surface area contributed by atoms with Crippen LogP contribution in [0.1, 0.15) is 32.1 Å². The predicted octanol–water partition coefficient (Wildman–Crippen LogP) is 2.81. The Hall–Kier alpha value is -0.100. The third-order valence-corrected chi connectivity index (χ3v) is 2.97. The zero-order valence-electron chi connectivity index (χ0n) is 9.75. The number of hydrogen-bond donors (Lipinski definition) is 0. The fraction of sp³-hybridized carbons (Fsp3) is 0.818. The molecule has 0 aromatic rings. The first-order chi connectivity index (χ1) is 8.20. The maximum absolute atomic E-state index is 11.2. The Labute approximate surface area is 119 Å². The molecule has 0 saturated heterocycles. The molecule has 0 bridgehead atoms. The lowest BCUT2D eigenvalue weighted by molar-refractivity contribution is -0.145. The minimum atomic E-state index is -0.251. The van der Waals surface area contributed by atoms with Crippen LogP contribution in [0.4, 0.5) is 0 Å². The van der Waals surface area contributed by atoms with Crippen LogP contribution in [-0.4, -0.2) is 35.8 Å². The molecule has 0 atom stereocenters. The normalized spacial score (nSPS) is 10.0. The van der Waals surface area contributed by atoms with Gasteiger partial charge in [-0.2, -0.15) is 0 Å². The monoisotopic (exact) mass is 372 g/mol. The van der Waals surface area contributed by atoms with Crippen LogP contribution < -0.4 is 0 Å². The van der Waals surface area contributed by atoms with Crippen LogP contribution in [0, 0.1) is 0 Å². The molecule has 6 heteroatoms. The van der Waals surface area contributed by atoms with Gasteiger partial charge < -0.3 is 9.47 Å². The van der Waals surface area contributed by atoms with Gasteiger partial charge in [0.1, 0.15) is 0 Å². The molecule has 17 heavy (non-hydrogen) atoms. The van der Waals surface area contributed by atoms with Crippen molar-refractivity contribution in [2.45, 2.75) is 32.1 Å². The molecule has 0 aromatic carbocycles. The predicted molar refractivity (Wildman–Crippen MR) is 72.6 cm³/mol. The molecule has 0 N–H and O–H groups in total. The summed E-state index contributed by atoms with van der Waals surface area (Å²) in [6.07, 6.45) is 2.65. The van der Waals surface area contributed by atoms with Gasteiger partial charge in [-0.3, -0.25) is 9.59 Å². The molecule has 100 valence electrons. The van der Waals surface area contributed by atoms with E-state index in [1.54, 1.807) is 0 Å². The van der Waals surface area contributed by atoms with Crippen LogP contribution in [-0.2, 0) is 19.1 Å². The molecule has 0 aliphatic rings. The van der Waals surface area contributed by atoms with Crippen LogP contribution >= 0.6 is 31.9 Å². The van der Waals surface area contributed by atoms with Gasteiger partial charge in [-0.25, -0.2) is 0 Å². The lowest BCUT2D eigenvalue weighted by Gasteiger charge is -2.04. The van der Waals surface area contributed by atoms with Crippen LogP contribution in [0.3, 0.4) is 0 Å². The number of esters is 2. The van der Waals surface area contributed by atoms with Gasteiger partial charge in [0.25, 0.3) is 0 Å². The summed E-state index contributed by atoms with van der Waals surface area (Å²) in [5.41, 5.74) is 0. The van der Waals surface area contributed by atoms with E-state index in [9.17, 15) is 9.59 Å². The summed E-state index contributed by atoms with van der Waals surface area (Å²) >= 11 is 6.49. The maximum Gasteiger partial charge on any atom is 0.305 e. The van der Waals surface area contributed by atoms with E-state index in [-0.39, 0.29) is 24.8 Å². The van der Waals surface area contributed by atoms with E-state index in [0.717, 1.165) is 23.5 Å². The van der Waals surface area contributed by atoms with E-state index in [2.05, 4.69) is 31.9 Å². The van der Waals surface area contributed by atoms with Gasteiger partial charge in [0.15, 0.2) is 0 Å². The standard InChI is InChI=1S/C11H18Br2O4/c12-6-2-8-16-10(14)4-1-5-11(15)17-9-3-7-13/h1-9H2. The van der Waals surface area contributed by atoms with Crippen LogP contribution in [0.2, 0.25) is 0 Å². The number of hydrogen-bond acceptors (Lipinski definition) is 4. The molecule has 0 spiro atoms. The summed E-state index contributed by atoms with van der Waals surface area (Å²) in [6.45, 7) is 0.861. The number of rotatable bonds is 10. The van der Waals surface area contributed by atoms with E-state index in [1.807, 2.05) is 0 Å². The average Bonchev–Trinajstić information content (AvgIpc) is 2.30. The molecule has 0 fully saturated rings. The molecule has 0 radical (unpaired) electrons. The molecule has 0 aliphatic carbocycles. The van der Waals surface area contributed by atoms with Gasteiger partial charge in [0.05, 0.1) is 13.2 Å². The smallest absolute Gasteiger partial charge is 0.305 e. The average molecular weight is 374 g/mol. The molecule has 0 heterocycles. The number of ether oxygens (including phenoxy) is 2. The molecular formula is C11H18Br2O4. The highest BCUT2D eigenvalue weighted by Crippen LogP contribution is 2.01. The second-order valence-corrected chi connectivity index (χ2v) is 4.97. The summed E-state index contributed by atoms with van der Waals surface area (Å²) in [5.74, 6) is -0.501. The van der Waals surface area contributed by atoms with Crippen molar-refractivity contribution in [3.05, 3.63) is 0 Å². The summed E-state index contributed by atoms with van der Waals surface area (Å²) in [5, 5.41) is 1.64. The third kappa shape index (κ3) is 12.2. The van der Waals surface area contributed by atoms with Crippen molar-refractivity contribution in [2.75, 3.05) is 23.9 Å². The zero-order valence-corrected chi connectivity index (χ0v) is 12.9. The number of carbonyl (C=O) groups is 2. The van der Waals surface area contributed by atoms with Crippen LogP contribution in [0.5, 0.6) is 0 Å². The Morgan fingerprint density at radius 3 is 1.53 bits per heavy atom. The largest absolute Gasteiger partial charge is 0.466 e. The van der Waals surface area contributed by atoms with E-state index >= 15 is 0 Å². The molecule has 0 aliphatic heterocycles. The molecule has 0 saturated carbocycles. The number of carbonyl (C=O) groups excluding carboxylic acids is 2. The minimum absolute atomic E-state index is 0.251. The highest BCUT2D eigenvalue weighted by Gasteiger charge is 2.06. The van der Waals surface area contributed by atoms with Crippen LogP contribution in [0.15, 0.2) is 0 Å². The number of halogens is 2. The lowest BCUT2D eigenvalue weighted by Crippen LogP contribution is -2.09. The summed E-state index contributed by atoms with van der Waals surface area (Å²) in [4.78, 5) is 22.3. The molecule has 0 aromatic heterocycles. The van der Waals surface area contributed by atoms with Gasteiger partial charge in [0.2, 0.25) is 0 Å². The van der Waals surface area contributed by atoms with Gasteiger partial charge in [-0.1, -0.05) is 31.9 Å². The first-order valence-corrected chi connectivity index (χ1v) is 7.88. The van der Waals surface area contributed by atoms with E-state index < -0.39 is 0 Å². The summed E-state index contributed by atoms with van der Waals surface area (Å²) < 4.78 is 9.87. The first kappa shape index (κ1) is 16.9. The van der Waals surface area contributed by atoms with Gasteiger partial charge in [-0.15, -0.1) is 0 Å². The second kappa shape index (κ2) is 12.4. The third-order valence-electron chi connectivity index (χ3n) is 1.84. The molecular weight excluding hydrogens is 356 g/mol. The highest BCUT2D eigenvalue weighted by molar-refractivity contribution is 9.09. The molecule has 4 nitrogen and oxygen atoms in total. The zero-order chi connectivity index (χ0) is 12.9. The van der Waals surface area contributed by atoms with Crippen molar-refractivity contribution in [1.82, 2.24) is 0 Å². The minimum Gasteiger partial charge on any atom is -0.466 e. The van der Waals surface area contributed by atoms with Crippen molar-refractivity contribution >= 4 is 43.8 Å². The van der Waals surface area contributed by atoms with E-state index in [4.69, 9.17) is 9.47 Å². The van der Waals surface area contributed by atoms with Gasteiger partial charge >= 0.3 is 11.9 Å². The van der Waals surface area contributed by atoms with Crippen molar-refractivity contribution in [1.29, 1.82) is 0 Å². The Kier molecular flexibility index (Phi) is 12.3. The first-order valence-electron chi connectivity index (χ1n) is 5.64. The highest BCUT2D eigenvalue weighted by atomic mass is 79.9. The van der Waals surface area contributed by atoms with Crippen molar-refractivity contribution in [3.63, 3.8) is 0 Å². The topological polar surface area (TPSA) is 52.6 Å². The second-order valence-electron chi connectivity index (χ2n) is 3.38. The molecule has 0 amide bonds. The summed E-state index contributed by atoms with van der Waals surface area (Å²) in [6, 6.07) is 0. The van der Waals surface area contributed by atoms with Crippen molar-refractivity contribution in [3.8, 4) is 0 Å². The van der Waals surface area contributed by atoms with Gasteiger partial charge in [0, 0.05) is 23.5 Å². The maximum atomic E-state index is 11.2. The quantitative estimate of drug-likeness (QED) is 0.335. The Bertz CT molecular complexity index is 200.